The van der Waals surface area contributed by atoms with Gasteiger partial charge in [0.25, 0.3) is 0 Å². The van der Waals surface area contributed by atoms with Crippen molar-refractivity contribution < 1.29 is 8.42 Å². The van der Waals surface area contributed by atoms with Crippen molar-refractivity contribution in [1.29, 1.82) is 0 Å². The van der Waals surface area contributed by atoms with E-state index in [2.05, 4.69) is 20.2 Å². The monoisotopic (exact) mass is 498 g/mol. The van der Waals surface area contributed by atoms with Crippen LogP contribution in [0.2, 0.25) is 5.02 Å². The summed E-state index contributed by atoms with van der Waals surface area (Å²) < 4.78 is 28.1. The molecule has 1 saturated heterocycles. The summed E-state index contributed by atoms with van der Waals surface area (Å²) in [6, 6.07) is 13.2. The molecule has 0 spiro atoms. The van der Waals surface area contributed by atoms with Crippen molar-refractivity contribution >= 4 is 49.0 Å². The molecule has 0 bridgehead atoms. The summed E-state index contributed by atoms with van der Waals surface area (Å²) in [6.07, 6.45) is 1.58. The van der Waals surface area contributed by atoms with Gasteiger partial charge in [-0.25, -0.2) is 18.4 Å². The van der Waals surface area contributed by atoms with Crippen molar-refractivity contribution in [2.75, 3.05) is 31.1 Å². The van der Waals surface area contributed by atoms with Crippen LogP contribution < -0.4 is 4.90 Å². The van der Waals surface area contributed by atoms with Gasteiger partial charge in [-0.2, -0.15) is 4.31 Å². The molecule has 3 heterocycles. The van der Waals surface area contributed by atoms with Gasteiger partial charge in [0.1, 0.15) is 17.0 Å². The van der Waals surface area contributed by atoms with Crippen molar-refractivity contribution in [3.8, 4) is 11.1 Å². The van der Waals surface area contributed by atoms with Gasteiger partial charge in [0.15, 0.2) is 0 Å². The maximum atomic E-state index is 13.3. The summed E-state index contributed by atoms with van der Waals surface area (Å²) in [5, 5.41) is 3.78. The zero-order valence-corrected chi connectivity index (χ0v) is 20.7. The molecule has 1 aliphatic heterocycles. The summed E-state index contributed by atoms with van der Waals surface area (Å²) in [6.45, 7) is 5.75. The highest BCUT2D eigenvalue weighted by Gasteiger charge is 2.31. The van der Waals surface area contributed by atoms with Gasteiger partial charge < -0.3 is 4.90 Å². The smallest absolute Gasteiger partial charge is 0.243 e. The Bertz CT molecular complexity index is 1430. The Labute approximate surface area is 202 Å². The quantitative estimate of drug-likeness (QED) is 0.390. The summed E-state index contributed by atoms with van der Waals surface area (Å²) in [5.74, 6) is 0.842. The number of piperazine rings is 1. The molecule has 1 fully saturated rings. The molecule has 0 N–H and O–H groups in total. The summed E-state index contributed by atoms with van der Waals surface area (Å²) in [5.41, 5.74) is 3.95. The number of aryl methyl sites for hydroxylation is 2. The molecule has 33 heavy (non-hydrogen) atoms. The molecular formula is C24H23ClN4O2S2. The van der Waals surface area contributed by atoms with E-state index in [1.165, 1.54) is 0 Å². The van der Waals surface area contributed by atoms with Gasteiger partial charge in [0.2, 0.25) is 10.0 Å². The van der Waals surface area contributed by atoms with E-state index < -0.39 is 10.0 Å². The van der Waals surface area contributed by atoms with E-state index in [-0.39, 0.29) is 0 Å². The number of fused-ring (bicyclic) bond motifs is 1. The highest BCUT2D eigenvalue weighted by atomic mass is 35.5. The molecule has 6 nitrogen and oxygen atoms in total. The van der Waals surface area contributed by atoms with Crippen LogP contribution in [-0.4, -0.2) is 48.9 Å². The van der Waals surface area contributed by atoms with Gasteiger partial charge in [0.05, 0.1) is 10.3 Å². The molecule has 2 aromatic carbocycles. The topological polar surface area (TPSA) is 66.4 Å². The minimum absolute atomic E-state index is 0.383. The Kier molecular flexibility index (Phi) is 5.86. The molecule has 0 aliphatic carbocycles. The number of benzene rings is 2. The molecule has 1 aliphatic rings. The van der Waals surface area contributed by atoms with Crippen LogP contribution in [0.4, 0.5) is 5.82 Å². The number of nitrogens with zero attached hydrogens (tertiary/aromatic N) is 4. The molecule has 5 rings (SSSR count). The first-order chi connectivity index (χ1) is 15.8. The largest absolute Gasteiger partial charge is 0.353 e. The predicted molar refractivity (Wildman–Crippen MR) is 135 cm³/mol. The number of halogens is 1. The highest BCUT2D eigenvalue weighted by molar-refractivity contribution is 7.89. The molecular weight excluding hydrogens is 476 g/mol. The maximum Gasteiger partial charge on any atom is 0.243 e. The molecule has 0 unspecified atom stereocenters. The Balaban J connectivity index is 1.43. The molecule has 0 radical (unpaired) electrons. The van der Waals surface area contributed by atoms with Gasteiger partial charge in [-0.1, -0.05) is 41.4 Å². The standard InChI is InChI=1S/C24H23ClN4O2S2/c1-16-3-8-21(17(2)13-16)33(30,31)29-11-9-28(10-12-29)23-22-20(14-32-24(22)27-15-26-23)18-4-6-19(25)7-5-18/h3-8,13-15H,9-12H2,1-2H3. The molecule has 9 heteroatoms. The Hall–Kier alpha value is -2.52. The SMILES string of the molecule is Cc1ccc(S(=O)(=O)N2CCN(c3ncnc4scc(-c5ccc(Cl)cc5)c34)CC2)c(C)c1. The zero-order chi connectivity index (χ0) is 23.2. The average Bonchev–Trinajstić information content (AvgIpc) is 3.24. The second-order valence-electron chi connectivity index (χ2n) is 8.19. The second-order valence-corrected chi connectivity index (χ2v) is 11.4. The Morgan fingerprint density at radius 2 is 1.70 bits per heavy atom. The molecule has 0 amide bonds. The Morgan fingerprint density at radius 1 is 0.970 bits per heavy atom. The van der Waals surface area contributed by atoms with Crippen LogP contribution in [-0.2, 0) is 10.0 Å². The number of anilines is 1. The summed E-state index contributed by atoms with van der Waals surface area (Å²) >= 11 is 7.65. The zero-order valence-electron chi connectivity index (χ0n) is 18.3. The first-order valence-corrected chi connectivity index (χ1v) is 13.3. The normalized spacial score (nSPS) is 15.3. The number of thiophene rings is 1. The molecule has 0 atom stereocenters. The van der Waals surface area contributed by atoms with E-state index in [1.54, 1.807) is 28.0 Å². The van der Waals surface area contributed by atoms with Crippen molar-refractivity contribution in [3.05, 3.63) is 70.3 Å². The van der Waals surface area contributed by atoms with E-state index in [0.717, 1.165) is 38.3 Å². The van der Waals surface area contributed by atoms with Gasteiger partial charge >= 0.3 is 0 Å². The minimum Gasteiger partial charge on any atom is -0.353 e. The third-order valence-electron chi connectivity index (χ3n) is 5.99. The van der Waals surface area contributed by atoms with E-state index >= 15 is 0 Å². The lowest BCUT2D eigenvalue weighted by Crippen LogP contribution is -2.49. The van der Waals surface area contributed by atoms with Crippen molar-refractivity contribution in [2.24, 2.45) is 0 Å². The molecule has 4 aromatic rings. The van der Waals surface area contributed by atoms with E-state index in [1.807, 2.05) is 50.2 Å². The fraction of sp³-hybridized carbons (Fsp3) is 0.250. The van der Waals surface area contributed by atoms with Crippen LogP contribution in [0.15, 0.2) is 59.1 Å². The van der Waals surface area contributed by atoms with E-state index in [9.17, 15) is 8.42 Å². The first kappa shape index (κ1) is 22.3. The van der Waals surface area contributed by atoms with Gasteiger partial charge in [-0.15, -0.1) is 11.3 Å². The van der Waals surface area contributed by atoms with Crippen LogP contribution >= 0.6 is 22.9 Å². The number of sulfonamides is 1. The first-order valence-electron chi connectivity index (χ1n) is 10.6. The Morgan fingerprint density at radius 3 is 2.39 bits per heavy atom. The number of aromatic nitrogens is 2. The number of rotatable bonds is 4. The average molecular weight is 499 g/mol. The maximum absolute atomic E-state index is 13.3. The fourth-order valence-corrected chi connectivity index (χ4v) is 6.97. The summed E-state index contributed by atoms with van der Waals surface area (Å²) in [7, 11) is -3.54. The molecule has 0 saturated carbocycles. The summed E-state index contributed by atoms with van der Waals surface area (Å²) in [4.78, 5) is 12.5. The van der Waals surface area contributed by atoms with Gasteiger partial charge in [-0.05, 0) is 43.2 Å². The van der Waals surface area contributed by atoms with Crippen LogP contribution in [0.1, 0.15) is 11.1 Å². The lowest BCUT2D eigenvalue weighted by atomic mass is 10.1. The van der Waals surface area contributed by atoms with Crippen molar-refractivity contribution in [1.82, 2.24) is 14.3 Å². The van der Waals surface area contributed by atoms with Crippen LogP contribution in [0.25, 0.3) is 21.3 Å². The second kappa shape index (κ2) is 8.68. The fourth-order valence-electron chi connectivity index (χ4n) is 4.31. The van der Waals surface area contributed by atoms with Crippen LogP contribution in [0, 0.1) is 13.8 Å². The minimum atomic E-state index is -3.54. The number of hydrogen-bond donors (Lipinski definition) is 0. The van der Waals surface area contributed by atoms with E-state index in [4.69, 9.17) is 11.6 Å². The van der Waals surface area contributed by atoms with E-state index in [0.29, 0.717) is 36.1 Å². The van der Waals surface area contributed by atoms with Crippen LogP contribution in [0.5, 0.6) is 0 Å². The van der Waals surface area contributed by atoms with Crippen molar-refractivity contribution in [2.45, 2.75) is 18.7 Å². The molecule has 2 aromatic heterocycles. The third kappa shape index (κ3) is 4.12. The number of hydrogen-bond acceptors (Lipinski definition) is 6. The van der Waals surface area contributed by atoms with Crippen LogP contribution in [0.3, 0.4) is 0 Å². The van der Waals surface area contributed by atoms with Gasteiger partial charge in [-0.3, -0.25) is 0 Å². The highest BCUT2D eigenvalue weighted by Crippen LogP contribution is 2.38. The third-order valence-corrected chi connectivity index (χ3v) is 9.19. The molecule has 170 valence electrons. The van der Waals surface area contributed by atoms with Gasteiger partial charge in [0, 0.05) is 42.1 Å². The lowest BCUT2D eigenvalue weighted by Gasteiger charge is -2.35. The predicted octanol–water partition coefficient (Wildman–Crippen LogP) is 5.14. The van der Waals surface area contributed by atoms with Crippen molar-refractivity contribution in [3.63, 3.8) is 0 Å². The lowest BCUT2D eigenvalue weighted by molar-refractivity contribution is 0.384.